The Bertz CT molecular complexity index is 530. The van der Waals surface area contributed by atoms with E-state index >= 15 is 0 Å². The van der Waals surface area contributed by atoms with Crippen molar-refractivity contribution in [1.29, 1.82) is 0 Å². The Morgan fingerprint density at radius 1 is 1.30 bits per heavy atom. The molecule has 5 nitrogen and oxygen atoms in total. The number of amides is 3. The lowest BCUT2D eigenvalue weighted by atomic mass is 9.93. The number of hydrogen-bond acceptors (Lipinski definition) is 2. The van der Waals surface area contributed by atoms with Gasteiger partial charge in [-0.15, -0.1) is 0 Å². The van der Waals surface area contributed by atoms with Crippen LogP contribution < -0.4 is 11.1 Å². The van der Waals surface area contributed by atoms with Crippen LogP contribution in [0, 0.1) is 11.8 Å². The van der Waals surface area contributed by atoms with Crippen molar-refractivity contribution in [1.82, 2.24) is 10.2 Å². The summed E-state index contributed by atoms with van der Waals surface area (Å²) >= 11 is 0. The first-order chi connectivity index (χ1) is 11.0. The second kappa shape index (κ2) is 7.99. The van der Waals surface area contributed by atoms with Gasteiger partial charge in [0.1, 0.15) is 0 Å². The van der Waals surface area contributed by atoms with E-state index in [1.165, 1.54) is 0 Å². The average Bonchev–Trinajstić information content (AvgIpc) is 2.54. The fraction of sp³-hybridized carbons (Fsp3) is 0.556. The lowest BCUT2D eigenvalue weighted by Crippen LogP contribution is -2.47. The number of nitrogens with two attached hydrogens (primary N) is 1. The molecule has 1 heterocycles. The SMILES string of the molecule is CC(C)CC(NC(=O)C1CCCN(C(N)=O)C1)c1ccccc1. The monoisotopic (exact) mass is 317 g/mol. The molecule has 1 aliphatic rings. The summed E-state index contributed by atoms with van der Waals surface area (Å²) in [5.41, 5.74) is 6.47. The minimum absolute atomic E-state index is 0.00709. The van der Waals surface area contributed by atoms with Crippen LogP contribution in [0.3, 0.4) is 0 Å². The molecule has 0 spiro atoms. The van der Waals surface area contributed by atoms with Gasteiger partial charge in [0.25, 0.3) is 0 Å². The number of nitrogens with one attached hydrogen (secondary N) is 1. The van der Waals surface area contributed by atoms with Gasteiger partial charge in [0.15, 0.2) is 0 Å². The summed E-state index contributed by atoms with van der Waals surface area (Å²) in [6.07, 6.45) is 2.52. The second-order valence-corrected chi connectivity index (χ2v) is 6.72. The topological polar surface area (TPSA) is 75.4 Å². The van der Waals surface area contributed by atoms with Crippen molar-refractivity contribution < 1.29 is 9.59 Å². The van der Waals surface area contributed by atoms with E-state index in [2.05, 4.69) is 19.2 Å². The average molecular weight is 317 g/mol. The third kappa shape index (κ3) is 4.98. The molecule has 1 aromatic rings. The van der Waals surface area contributed by atoms with Gasteiger partial charge in [0, 0.05) is 13.1 Å². The van der Waals surface area contributed by atoms with Gasteiger partial charge < -0.3 is 16.0 Å². The number of hydrogen-bond donors (Lipinski definition) is 2. The van der Waals surface area contributed by atoms with E-state index < -0.39 is 6.03 Å². The highest BCUT2D eigenvalue weighted by molar-refractivity contribution is 5.80. The van der Waals surface area contributed by atoms with Crippen molar-refractivity contribution in [2.24, 2.45) is 17.6 Å². The van der Waals surface area contributed by atoms with Crippen molar-refractivity contribution in [3.63, 3.8) is 0 Å². The Balaban J connectivity index is 2.04. The summed E-state index contributed by atoms with van der Waals surface area (Å²) in [5, 5.41) is 3.18. The fourth-order valence-corrected chi connectivity index (χ4v) is 3.12. The molecule has 2 rings (SSSR count). The normalized spacial score (nSPS) is 19.4. The summed E-state index contributed by atoms with van der Waals surface area (Å²) < 4.78 is 0. The Kier molecular flexibility index (Phi) is 6.02. The van der Waals surface area contributed by atoms with Crippen LogP contribution in [-0.2, 0) is 4.79 Å². The van der Waals surface area contributed by atoms with Crippen molar-refractivity contribution in [3.05, 3.63) is 35.9 Å². The number of likely N-dealkylation sites (tertiary alicyclic amines) is 1. The highest BCUT2D eigenvalue weighted by atomic mass is 16.2. The molecule has 0 saturated carbocycles. The summed E-state index contributed by atoms with van der Waals surface area (Å²) in [6, 6.07) is 9.61. The molecule has 0 aromatic heterocycles. The quantitative estimate of drug-likeness (QED) is 0.876. The lowest BCUT2D eigenvalue weighted by Gasteiger charge is -2.32. The molecule has 0 aliphatic carbocycles. The second-order valence-electron chi connectivity index (χ2n) is 6.72. The highest BCUT2D eigenvalue weighted by Crippen LogP contribution is 2.23. The van der Waals surface area contributed by atoms with Gasteiger partial charge >= 0.3 is 6.03 Å². The molecule has 0 radical (unpaired) electrons. The summed E-state index contributed by atoms with van der Waals surface area (Å²) in [5.74, 6) is 0.328. The zero-order chi connectivity index (χ0) is 16.8. The van der Waals surface area contributed by atoms with Crippen LogP contribution in [-0.4, -0.2) is 29.9 Å². The third-order valence-corrected chi connectivity index (χ3v) is 4.33. The smallest absolute Gasteiger partial charge is 0.314 e. The van der Waals surface area contributed by atoms with Gasteiger partial charge in [-0.25, -0.2) is 4.79 Å². The van der Waals surface area contributed by atoms with E-state index in [-0.39, 0.29) is 17.9 Å². The molecule has 2 unspecified atom stereocenters. The number of rotatable bonds is 5. The van der Waals surface area contributed by atoms with Crippen LogP contribution in [0.15, 0.2) is 30.3 Å². The number of primary amides is 1. The van der Waals surface area contributed by atoms with Gasteiger partial charge in [0.2, 0.25) is 5.91 Å². The molecule has 23 heavy (non-hydrogen) atoms. The van der Waals surface area contributed by atoms with Crippen LogP contribution in [0.1, 0.15) is 44.7 Å². The third-order valence-electron chi connectivity index (χ3n) is 4.33. The predicted molar refractivity (Wildman–Crippen MR) is 90.7 cm³/mol. The van der Waals surface area contributed by atoms with E-state index in [0.717, 1.165) is 24.8 Å². The molecule has 1 saturated heterocycles. The summed E-state index contributed by atoms with van der Waals surface area (Å²) in [6.45, 7) is 5.37. The van der Waals surface area contributed by atoms with E-state index in [1.807, 2.05) is 30.3 Å². The van der Waals surface area contributed by atoms with Crippen molar-refractivity contribution >= 4 is 11.9 Å². The van der Waals surface area contributed by atoms with Gasteiger partial charge in [0.05, 0.1) is 12.0 Å². The number of piperidine rings is 1. The van der Waals surface area contributed by atoms with Crippen molar-refractivity contribution in [2.75, 3.05) is 13.1 Å². The Hall–Kier alpha value is -2.04. The first-order valence-corrected chi connectivity index (χ1v) is 8.37. The van der Waals surface area contributed by atoms with E-state index in [9.17, 15) is 9.59 Å². The first-order valence-electron chi connectivity index (χ1n) is 8.37. The van der Waals surface area contributed by atoms with Crippen molar-refractivity contribution in [3.8, 4) is 0 Å². The maximum atomic E-state index is 12.6. The molecule has 3 N–H and O–H groups in total. The minimum Gasteiger partial charge on any atom is -0.351 e. The Morgan fingerprint density at radius 2 is 2.00 bits per heavy atom. The number of carbonyl (C=O) groups excluding carboxylic acids is 2. The molecule has 2 atom stereocenters. The zero-order valence-corrected chi connectivity index (χ0v) is 14.0. The van der Waals surface area contributed by atoms with Crippen LogP contribution in [0.5, 0.6) is 0 Å². The number of benzene rings is 1. The molecule has 126 valence electrons. The van der Waals surface area contributed by atoms with E-state index in [4.69, 9.17) is 5.73 Å². The maximum absolute atomic E-state index is 12.6. The largest absolute Gasteiger partial charge is 0.351 e. The fourth-order valence-electron chi connectivity index (χ4n) is 3.12. The molecule has 5 heteroatoms. The lowest BCUT2D eigenvalue weighted by molar-refractivity contribution is -0.127. The summed E-state index contributed by atoms with van der Waals surface area (Å²) in [7, 11) is 0. The predicted octanol–water partition coefficient (Wildman–Crippen LogP) is 2.68. The summed E-state index contributed by atoms with van der Waals surface area (Å²) in [4.78, 5) is 25.5. The first kappa shape index (κ1) is 17.3. The minimum atomic E-state index is -0.440. The number of urea groups is 1. The molecule has 1 fully saturated rings. The zero-order valence-electron chi connectivity index (χ0n) is 14.0. The van der Waals surface area contributed by atoms with Crippen LogP contribution in [0.4, 0.5) is 4.79 Å². The molecular formula is C18H27N3O2. The van der Waals surface area contributed by atoms with E-state index in [1.54, 1.807) is 4.90 Å². The highest BCUT2D eigenvalue weighted by Gasteiger charge is 2.29. The van der Waals surface area contributed by atoms with Crippen LogP contribution in [0.2, 0.25) is 0 Å². The Labute approximate surface area is 138 Å². The van der Waals surface area contributed by atoms with Gasteiger partial charge in [-0.3, -0.25) is 4.79 Å². The Morgan fingerprint density at radius 3 is 2.61 bits per heavy atom. The molecular weight excluding hydrogens is 290 g/mol. The standard InChI is InChI=1S/C18H27N3O2/c1-13(2)11-16(14-7-4-3-5-8-14)20-17(22)15-9-6-10-21(12-15)18(19)23/h3-5,7-8,13,15-16H,6,9-12H2,1-2H3,(H2,19,23)(H,20,22). The van der Waals surface area contributed by atoms with Crippen LogP contribution >= 0.6 is 0 Å². The maximum Gasteiger partial charge on any atom is 0.314 e. The molecule has 0 bridgehead atoms. The molecule has 3 amide bonds. The van der Waals surface area contributed by atoms with Gasteiger partial charge in [-0.2, -0.15) is 0 Å². The van der Waals surface area contributed by atoms with Crippen LogP contribution in [0.25, 0.3) is 0 Å². The van der Waals surface area contributed by atoms with Gasteiger partial charge in [-0.05, 0) is 30.7 Å². The van der Waals surface area contributed by atoms with Gasteiger partial charge in [-0.1, -0.05) is 44.2 Å². The molecule has 1 aromatic carbocycles. The van der Waals surface area contributed by atoms with Crippen molar-refractivity contribution in [2.45, 2.75) is 39.2 Å². The number of nitrogens with zero attached hydrogens (tertiary/aromatic N) is 1. The number of carbonyl (C=O) groups is 2. The molecule has 1 aliphatic heterocycles. The van der Waals surface area contributed by atoms with E-state index in [0.29, 0.717) is 19.0 Å².